The van der Waals surface area contributed by atoms with Crippen LogP contribution in [0.4, 0.5) is 0 Å². The van der Waals surface area contributed by atoms with Gasteiger partial charge in [0.05, 0.1) is 12.4 Å². The van der Waals surface area contributed by atoms with Crippen LogP contribution in [0, 0.1) is 0 Å². The number of esters is 1. The van der Waals surface area contributed by atoms with Crippen LogP contribution in [0.25, 0.3) is 0 Å². The molecule has 5 nitrogen and oxygen atoms in total. The fourth-order valence-electron chi connectivity index (χ4n) is 1.37. The third kappa shape index (κ3) is 4.86. The summed E-state index contributed by atoms with van der Waals surface area (Å²) in [5, 5.41) is 5.88. The molecule has 1 aliphatic carbocycles. The van der Waals surface area contributed by atoms with Crippen LogP contribution in [0.1, 0.15) is 26.7 Å². The molecule has 0 bridgehead atoms. The minimum Gasteiger partial charge on any atom is -0.465 e. The maximum atomic E-state index is 11.8. The van der Waals surface area contributed by atoms with Crippen LogP contribution in [0.3, 0.4) is 0 Å². The Bertz CT molecular complexity index is 308. The number of carbonyl (C=O) groups excluding carboxylic acids is 2. The lowest BCUT2D eigenvalue weighted by molar-refractivity contribution is -0.149. The number of ether oxygens (including phenoxy) is 1. The number of likely N-dealkylation sites (N-methyl/N-ethyl adjacent to an activating group) is 1. The van der Waals surface area contributed by atoms with E-state index in [1.165, 1.54) is 11.8 Å². The first-order chi connectivity index (χ1) is 8.51. The molecular weight excluding hydrogens is 252 g/mol. The van der Waals surface area contributed by atoms with Crippen molar-refractivity contribution < 1.29 is 14.3 Å². The van der Waals surface area contributed by atoms with E-state index in [4.69, 9.17) is 4.74 Å². The second-order valence-corrected chi connectivity index (χ2v) is 5.62. The molecule has 2 N–H and O–H groups in total. The molecule has 0 heterocycles. The number of hydrogen-bond donors (Lipinski definition) is 2. The van der Waals surface area contributed by atoms with Crippen LogP contribution in [0.5, 0.6) is 0 Å². The summed E-state index contributed by atoms with van der Waals surface area (Å²) in [7, 11) is 1.72. The maximum Gasteiger partial charge on any atom is 0.326 e. The molecule has 1 atom stereocenters. The molecule has 1 rings (SSSR count). The van der Waals surface area contributed by atoms with Crippen molar-refractivity contribution in [3.63, 3.8) is 0 Å². The Balaban J connectivity index is 2.28. The van der Waals surface area contributed by atoms with Crippen molar-refractivity contribution in [2.45, 2.75) is 38.3 Å². The minimum absolute atomic E-state index is 0.0461. The molecule has 0 saturated heterocycles. The molecule has 0 aromatic heterocycles. The van der Waals surface area contributed by atoms with Gasteiger partial charge in [0.1, 0.15) is 5.54 Å². The van der Waals surface area contributed by atoms with Gasteiger partial charge in [-0.15, -0.1) is 11.8 Å². The largest absolute Gasteiger partial charge is 0.465 e. The van der Waals surface area contributed by atoms with Gasteiger partial charge in [0.2, 0.25) is 5.91 Å². The van der Waals surface area contributed by atoms with E-state index in [9.17, 15) is 9.59 Å². The van der Waals surface area contributed by atoms with Crippen molar-refractivity contribution in [1.29, 1.82) is 0 Å². The third-order valence-electron chi connectivity index (χ3n) is 2.84. The van der Waals surface area contributed by atoms with Gasteiger partial charge >= 0.3 is 5.97 Å². The Morgan fingerprint density at radius 1 is 1.44 bits per heavy atom. The summed E-state index contributed by atoms with van der Waals surface area (Å²) in [6.07, 6.45) is 2.18. The number of thioether (sulfide) groups is 1. The van der Waals surface area contributed by atoms with Crippen molar-refractivity contribution in [1.82, 2.24) is 10.6 Å². The van der Waals surface area contributed by atoms with Gasteiger partial charge in [-0.25, -0.2) is 0 Å². The van der Waals surface area contributed by atoms with Crippen LogP contribution < -0.4 is 10.6 Å². The van der Waals surface area contributed by atoms with Crippen LogP contribution in [0.2, 0.25) is 0 Å². The first kappa shape index (κ1) is 15.3. The van der Waals surface area contributed by atoms with E-state index in [2.05, 4.69) is 10.6 Å². The molecule has 1 unspecified atom stereocenters. The molecular formula is C12H22N2O3S. The molecule has 0 spiro atoms. The molecule has 1 amide bonds. The highest BCUT2D eigenvalue weighted by molar-refractivity contribution is 8.00. The molecule has 0 aromatic rings. The number of carbonyl (C=O) groups is 2. The molecule has 1 saturated carbocycles. The highest BCUT2D eigenvalue weighted by atomic mass is 32.2. The third-order valence-corrected chi connectivity index (χ3v) is 4.09. The average molecular weight is 274 g/mol. The number of nitrogens with one attached hydrogen (secondary N) is 2. The highest BCUT2D eigenvalue weighted by Crippen LogP contribution is 2.19. The van der Waals surface area contributed by atoms with Crippen LogP contribution in [-0.4, -0.2) is 48.6 Å². The topological polar surface area (TPSA) is 67.4 Å². The standard InChI is InChI=1S/C12H22N2O3S/c1-4-17-11(16)12(2,13-3)8-18-7-10(15)14-9-5-6-9/h9,13H,4-8H2,1-3H3,(H,14,15). The molecule has 18 heavy (non-hydrogen) atoms. The Morgan fingerprint density at radius 2 is 2.11 bits per heavy atom. The molecule has 104 valence electrons. The summed E-state index contributed by atoms with van der Waals surface area (Å²) in [5.41, 5.74) is -0.736. The summed E-state index contributed by atoms with van der Waals surface area (Å²) >= 11 is 1.44. The lowest BCUT2D eigenvalue weighted by Crippen LogP contribution is -2.51. The van der Waals surface area contributed by atoms with Crippen LogP contribution >= 0.6 is 11.8 Å². The van der Waals surface area contributed by atoms with Gasteiger partial charge in [-0.1, -0.05) is 0 Å². The zero-order valence-electron chi connectivity index (χ0n) is 11.2. The fourth-order valence-corrected chi connectivity index (χ4v) is 2.41. The smallest absolute Gasteiger partial charge is 0.326 e. The summed E-state index contributed by atoms with van der Waals surface area (Å²) < 4.78 is 5.01. The highest BCUT2D eigenvalue weighted by Gasteiger charge is 2.33. The number of rotatable bonds is 8. The van der Waals surface area contributed by atoms with Gasteiger partial charge in [-0.2, -0.15) is 0 Å². The molecule has 6 heteroatoms. The monoisotopic (exact) mass is 274 g/mol. The Labute approximate surface area is 112 Å². The van der Waals surface area contributed by atoms with E-state index < -0.39 is 5.54 Å². The Hall–Kier alpha value is -0.750. The van der Waals surface area contributed by atoms with Crippen molar-refractivity contribution in [2.75, 3.05) is 25.2 Å². The van der Waals surface area contributed by atoms with E-state index in [0.717, 1.165) is 12.8 Å². The predicted octanol–water partition coefficient (Wildman–Crippen LogP) is 0.539. The SMILES string of the molecule is CCOC(=O)C(C)(CSCC(=O)NC1CC1)NC. The van der Waals surface area contributed by atoms with Gasteiger partial charge in [-0.05, 0) is 33.7 Å². The normalized spacial score (nSPS) is 17.9. The maximum absolute atomic E-state index is 11.8. The van der Waals surface area contributed by atoms with Gasteiger partial charge in [0.15, 0.2) is 0 Å². The first-order valence-electron chi connectivity index (χ1n) is 6.25. The van der Waals surface area contributed by atoms with Crippen molar-refractivity contribution >= 4 is 23.6 Å². The van der Waals surface area contributed by atoms with E-state index >= 15 is 0 Å². The van der Waals surface area contributed by atoms with Crippen LogP contribution in [-0.2, 0) is 14.3 Å². The molecule has 0 aliphatic heterocycles. The van der Waals surface area contributed by atoms with Crippen molar-refractivity contribution in [2.24, 2.45) is 0 Å². The molecule has 1 aliphatic rings. The molecule has 0 aromatic carbocycles. The van der Waals surface area contributed by atoms with E-state index in [0.29, 0.717) is 24.2 Å². The molecule has 0 radical (unpaired) electrons. The second-order valence-electron chi connectivity index (χ2n) is 4.64. The van der Waals surface area contributed by atoms with Gasteiger partial charge < -0.3 is 15.4 Å². The van der Waals surface area contributed by atoms with Gasteiger partial charge in [-0.3, -0.25) is 9.59 Å². The Morgan fingerprint density at radius 3 is 2.61 bits per heavy atom. The zero-order chi connectivity index (χ0) is 13.6. The second kappa shape index (κ2) is 6.99. The average Bonchev–Trinajstić information content (AvgIpc) is 3.12. The van der Waals surface area contributed by atoms with E-state index in [-0.39, 0.29) is 11.9 Å². The van der Waals surface area contributed by atoms with Crippen LogP contribution in [0.15, 0.2) is 0 Å². The van der Waals surface area contributed by atoms with E-state index in [1.807, 2.05) is 0 Å². The van der Waals surface area contributed by atoms with E-state index in [1.54, 1.807) is 20.9 Å². The first-order valence-corrected chi connectivity index (χ1v) is 7.40. The minimum atomic E-state index is -0.736. The summed E-state index contributed by atoms with van der Waals surface area (Å²) in [5.74, 6) is 0.667. The summed E-state index contributed by atoms with van der Waals surface area (Å²) in [6, 6.07) is 0.388. The lowest BCUT2D eigenvalue weighted by atomic mass is 10.1. The van der Waals surface area contributed by atoms with Gasteiger partial charge in [0, 0.05) is 11.8 Å². The quantitative estimate of drug-likeness (QED) is 0.632. The zero-order valence-corrected chi connectivity index (χ0v) is 12.1. The fraction of sp³-hybridized carbons (Fsp3) is 0.833. The summed E-state index contributed by atoms with van der Waals surface area (Å²) in [6.45, 7) is 3.93. The number of hydrogen-bond acceptors (Lipinski definition) is 5. The van der Waals surface area contributed by atoms with Crippen molar-refractivity contribution in [3.8, 4) is 0 Å². The Kier molecular flexibility index (Phi) is 5.95. The summed E-state index contributed by atoms with van der Waals surface area (Å²) in [4.78, 5) is 23.3. The lowest BCUT2D eigenvalue weighted by Gasteiger charge is -2.26. The number of amides is 1. The van der Waals surface area contributed by atoms with Crippen molar-refractivity contribution in [3.05, 3.63) is 0 Å². The molecule has 1 fully saturated rings. The predicted molar refractivity (Wildman–Crippen MR) is 72.6 cm³/mol. The van der Waals surface area contributed by atoms with Gasteiger partial charge in [0.25, 0.3) is 0 Å².